The first kappa shape index (κ1) is 8.11. The summed E-state index contributed by atoms with van der Waals surface area (Å²) < 4.78 is 0. The van der Waals surface area contributed by atoms with Crippen LogP contribution in [0.1, 0.15) is 17.0 Å². The quantitative estimate of drug-likeness (QED) is 0.543. The van der Waals surface area contributed by atoms with Crippen molar-refractivity contribution in [3.8, 4) is 0 Å². The average molecular weight is 182 g/mol. The van der Waals surface area contributed by atoms with E-state index in [1.807, 2.05) is 0 Å². The fourth-order valence-electron chi connectivity index (χ4n) is 1.37. The molecule has 1 amide bonds. The fourth-order valence-corrected chi connectivity index (χ4v) is 1.37. The Morgan fingerprint density at radius 1 is 1.69 bits per heavy atom. The molecule has 13 heavy (non-hydrogen) atoms. The first-order valence-corrected chi connectivity index (χ1v) is 4.05. The van der Waals surface area contributed by atoms with E-state index in [4.69, 9.17) is 5.73 Å². The molecular formula is C6H10N6O. The van der Waals surface area contributed by atoms with Crippen LogP contribution in [0.5, 0.6) is 0 Å². The van der Waals surface area contributed by atoms with Crippen LogP contribution in [0.4, 0.5) is 0 Å². The number of hydrogen-bond donors (Lipinski definition) is 2. The Morgan fingerprint density at radius 3 is 3.08 bits per heavy atom. The van der Waals surface area contributed by atoms with E-state index < -0.39 is 0 Å². The summed E-state index contributed by atoms with van der Waals surface area (Å²) >= 11 is 0. The fraction of sp³-hybridized carbons (Fsp3) is 0.667. The van der Waals surface area contributed by atoms with Gasteiger partial charge in [0.1, 0.15) is 0 Å². The molecule has 0 bridgehead atoms. The lowest BCUT2D eigenvalue weighted by molar-refractivity contribution is 0.0779. The molecule has 0 aromatic carbocycles. The average Bonchev–Trinajstić information content (AvgIpc) is 2.72. The number of likely N-dealkylation sites (tertiary alicyclic amines) is 1. The maximum absolute atomic E-state index is 11.5. The molecule has 1 aromatic rings. The third-order valence-corrected chi connectivity index (χ3v) is 2.05. The van der Waals surface area contributed by atoms with Crippen molar-refractivity contribution in [1.82, 2.24) is 25.5 Å². The standard InChI is InChI=1S/C6H10N6O/c7-4-1-2-12(3-4)6(13)5-8-10-11-9-5/h4H,1-3,7H2,(H,8,9,10,11)/t4-/m0/s1. The molecule has 1 aliphatic heterocycles. The van der Waals surface area contributed by atoms with Gasteiger partial charge in [0.15, 0.2) is 0 Å². The van der Waals surface area contributed by atoms with E-state index in [0.29, 0.717) is 13.1 Å². The second-order valence-electron chi connectivity index (χ2n) is 3.04. The van der Waals surface area contributed by atoms with Crippen molar-refractivity contribution in [2.75, 3.05) is 13.1 Å². The Balaban J connectivity index is 2.06. The van der Waals surface area contributed by atoms with Gasteiger partial charge in [-0.25, -0.2) is 0 Å². The number of aromatic amines is 1. The van der Waals surface area contributed by atoms with Crippen molar-refractivity contribution in [1.29, 1.82) is 0 Å². The van der Waals surface area contributed by atoms with Gasteiger partial charge in [-0.1, -0.05) is 0 Å². The number of carbonyl (C=O) groups is 1. The number of nitrogens with zero attached hydrogens (tertiary/aromatic N) is 4. The van der Waals surface area contributed by atoms with Gasteiger partial charge in [0.25, 0.3) is 11.7 Å². The molecule has 0 unspecified atom stereocenters. The first-order chi connectivity index (χ1) is 6.27. The van der Waals surface area contributed by atoms with Crippen molar-refractivity contribution in [3.05, 3.63) is 5.82 Å². The molecule has 7 nitrogen and oxygen atoms in total. The lowest BCUT2D eigenvalue weighted by Gasteiger charge is -2.12. The summed E-state index contributed by atoms with van der Waals surface area (Å²) in [4.78, 5) is 13.2. The van der Waals surface area contributed by atoms with Gasteiger partial charge < -0.3 is 10.6 Å². The summed E-state index contributed by atoms with van der Waals surface area (Å²) in [5.41, 5.74) is 5.66. The molecule has 2 rings (SSSR count). The van der Waals surface area contributed by atoms with Crippen LogP contribution in [-0.2, 0) is 0 Å². The zero-order valence-corrected chi connectivity index (χ0v) is 6.97. The van der Waals surface area contributed by atoms with Crippen LogP contribution < -0.4 is 5.73 Å². The van der Waals surface area contributed by atoms with Gasteiger partial charge in [0.05, 0.1) is 0 Å². The number of aromatic nitrogens is 4. The Labute approximate surface area is 74.3 Å². The highest BCUT2D eigenvalue weighted by Crippen LogP contribution is 2.08. The summed E-state index contributed by atoms with van der Waals surface area (Å²) in [5.74, 6) is -0.101. The van der Waals surface area contributed by atoms with Crippen LogP contribution in [0.3, 0.4) is 0 Å². The van der Waals surface area contributed by atoms with E-state index in [1.165, 1.54) is 0 Å². The zero-order chi connectivity index (χ0) is 9.26. The van der Waals surface area contributed by atoms with Crippen LogP contribution >= 0.6 is 0 Å². The summed E-state index contributed by atoms with van der Waals surface area (Å²) in [5, 5.41) is 12.8. The van der Waals surface area contributed by atoms with Crippen molar-refractivity contribution in [2.24, 2.45) is 5.73 Å². The first-order valence-electron chi connectivity index (χ1n) is 4.05. The van der Waals surface area contributed by atoms with Crippen molar-refractivity contribution in [3.63, 3.8) is 0 Å². The van der Waals surface area contributed by atoms with Gasteiger partial charge in [0.2, 0.25) is 0 Å². The summed E-state index contributed by atoms with van der Waals surface area (Å²) in [6, 6.07) is 0.0795. The highest BCUT2D eigenvalue weighted by molar-refractivity contribution is 5.90. The van der Waals surface area contributed by atoms with E-state index in [0.717, 1.165) is 6.42 Å². The third-order valence-electron chi connectivity index (χ3n) is 2.05. The predicted molar refractivity (Wildman–Crippen MR) is 42.7 cm³/mol. The molecule has 1 saturated heterocycles. The molecule has 1 fully saturated rings. The van der Waals surface area contributed by atoms with Gasteiger partial charge in [-0.2, -0.15) is 5.21 Å². The number of carbonyl (C=O) groups excluding carboxylic acids is 1. The number of nitrogens with two attached hydrogens (primary N) is 1. The summed E-state index contributed by atoms with van der Waals surface area (Å²) in [6.07, 6.45) is 0.837. The van der Waals surface area contributed by atoms with Crippen LogP contribution in [0, 0.1) is 0 Å². The minimum Gasteiger partial charge on any atom is -0.334 e. The molecule has 70 valence electrons. The van der Waals surface area contributed by atoms with Crippen LogP contribution in [0.25, 0.3) is 0 Å². The molecule has 2 heterocycles. The van der Waals surface area contributed by atoms with Gasteiger partial charge in [-0.3, -0.25) is 4.79 Å². The van der Waals surface area contributed by atoms with Crippen LogP contribution in [-0.4, -0.2) is 50.6 Å². The maximum atomic E-state index is 11.5. The molecule has 0 spiro atoms. The van der Waals surface area contributed by atoms with Crippen molar-refractivity contribution < 1.29 is 4.79 Å². The summed E-state index contributed by atoms with van der Waals surface area (Å²) in [6.45, 7) is 1.25. The predicted octanol–water partition coefficient (Wildman–Crippen LogP) is -1.63. The largest absolute Gasteiger partial charge is 0.334 e. The molecule has 0 aliphatic carbocycles. The number of rotatable bonds is 1. The lowest BCUT2D eigenvalue weighted by Crippen LogP contribution is -2.32. The van der Waals surface area contributed by atoms with Crippen molar-refractivity contribution >= 4 is 5.91 Å². The number of H-pyrrole nitrogens is 1. The third kappa shape index (κ3) is 1.50. The molecule has 0 saturated carbocycles. The van der Waals surface area contributed by atoms with E-state index >= 15 is 0 Å². The lowest BCUT2D eigenvalue weighted by atomic mass is 10.3. The van der Waals surface area contributed by atoms with Crippen LogP contribution in [0.2, 0.25) is 0 Å². The Bertz CT molecular complexity index is 296. The Morgan fingerprint density at radius 2 is 2.54 bits per heavy atom. The molecule has 0 radical (unpaired) electrons. The monoisotopic (exact) mass is 182 g/mol. The number of amides is 1. The number of tetrazole rings is 1. The molecule has 1 aliphatic rings. The van der Waals surface area contributed by atoms with Gasteiger partial charge >= 0.3 is 0 Å². The van der Waals surface area contributed by atoms with Gasteiger partial charge in [-0.05, 0) is 11.6 Å². The van der Waals surface area contributed by atoms with E-state index in [2.05, 4.69) is 20.6 Å². The van der Waals surface area contributed by atoms with Gasteiger partial charge in [0, 0.05) is 19.1 Å². The van der Waals surface area contributed by atoms with E-state index in [1.54, 1.807) is 4.90 Å². The maximum Gasteiger partial charge on any atom is 0.295 e. The second kappa shape index (κ2) is 3.09. The SMILES string of the molecule is N[C@H]1CCN(C(=O)c2nn[nH]n2)C1. The Kier molecular flexibility index (Phi) is 1.93. The minimum absolute atomic E-state index is 0.0795. The van der Waals surface area contributed by atoms with E-state index in [9.17, 15) is 4.79 Å². The molecule has 1 aromatic heterocycles. The minimum atomic E-state index is -0.207. The molecule has 1 atom stereocenters. The van der Waals surface area contributed by atoms with Crippen molar-refractivity contribution in [2.45, 2.75) is 12.5 Å². The second-order valence-corrected chi connectivity index (χ2v) is 3.04. The normalized spacial score (nSPS) is 22.2. The molecule has 7 heteroatoms. The molecule has 3 N–H and O–H groups in total. The smallest absolute Gasteiger partial charge is 0.295 e. The van der Waals surface area contributed by atoms with Gasteiger partial charge in [-0.15, -0.1) is 10.2 Å². The highest BCUT2D eigenvalue weighted by Gasteiger charge is 2.26. The Hall–Kier alpha value is -1.50. The molecular weight excluding hydrogens is 172 g/mol. The zero-order valence-electron chi connectivity index (χ0n) is 6.97. The van der Waals surface area contributed by atoms with E-state index in [-0.39, 0.29) is 17.8 Å². The van der Waals surface area contributed by atoms with Crippen LogP contribution in [0.15, 0.2) is 0 Å². The summed E-state index contributed by atoms with van der Waals surface area (Å²) in [7, 11) is 0. The number of nitrogens with one attached hydrogen (secondary N) is 1. The number of hydrogen-bond acceptors (Lipinski definition) is 5. The highest BCUT2D eigenvalue weighted by atomic mass is 16.2. The topological polar surface area (TPSA) is 101 Å².